The predicted molar refractivity (Wildman–Crippen MR) is 224 cm³/mol. The molecule has 0 rings (SSSR count). The van der Waals surface area contributed by atoms with Gasteiger partial charge in [0.1, 0.15) is 6.61 Å². The lowest BCUT2D eigenvalue weighted by Gasteiger charge is -2.19. The summed E-state index contributed by atoms with van der Waals surface area (Å²) in [6.07, 6.45) is 45.6. The summed E-state index contributed by atoms with van der Waals surface area (Å²) < 4.78 is 32.7. The minimum atomic E-state index is -4.38. The minimum absolute atomic E-state index is 0.0470. The fourth-order valence-electron chi connectivity index (χ4n) is 5.69. The van der Waals surface area contributed by atoms with Crippen LogP contribution in [0.5, 0.6) is 0 Å². The maximum absolute atomic E-state index is 12.6. The van der Waals surface area contributed by atoms with Crippen LogP contribution in [0.3, 0.4) is 0 Å². The number of allylic oxidation sites excluding steroid dienone is 8. The number of ether oxygens (including phenoxy) is 2. The van der Waals surface area contributed by atoms with Gasteiger partial charge in [0.25, 0.3) is 0 Å². The van der Waals surface area contributed by atoms with E-state index >= 15 is 0 Å². The topological polar surface area (TPSA) is 134 Å². The zero-order valence-electron chi connectivity index (χ0n) is 34.4. The molecule has 0 aromatic carbocycles. The highest BCUT2D eigenvalue weighted by Gasteiger charge is 2.26. The van der Waals surface area contributed by atoms with Gasteiger partial charge >= 0.3 is 19.8 Å². The molecule has 54 heavy (non-hydrogen) atoms. The third kappa shape index (κ3) is 39.7. The molecule has 0 aromatic rings. The number of hydrogen-bond donors (Lipinski definition) is 2. The summed E-state index contributed by atoms with van der Waals surface area (Å²) >= 11 is 0. The van der Waals surface area contributed by atoms with Crippen molar-refractivity contribution in [1.29, 1.82) is 0 Å². The Morgan fingerprint density at radius 3 is 1.48 bits per heavy atom. The lowest BCUT2D eigenvalue weighted by atomic mass is 10.1. The second-order valence-corrected chi connectivity index (χ2v) is 15.7. The minimum Gasteiger partial charge on any atom is -0.462 e. The van der Waals surface area contributed by atoms with Crippen molar-refractivity contribution >= 4 is 19.8 Å². The molecule has 0 aliphatic carbocycles. The Balaban J connectivity index is 4.22. The molecular formula is C44H80NO8P. The van der Waals surface area contributed by atoms with E-state index < -0.39 is 32.5 Å². The number of carbonyl (C=O) groups excluding carboxylic acids is 2. The monoisotopic (exact) mass is 782 g/mol. The smallest absolute Gasteiger partial charge is 0.462 e. The van der Waals surface area contributed by atoms with E-state index in [1.807, 2.05) is 0 Å². The SMILES string of the molecule is CCCCC/C=C\C/C=C\C/C=C\CCCCCCC(=O)O[C@H](COC(=O)CCCCCCC/C=C\CCCCCCCCC)COP(=O)(O)OCCN. The Bertz CT molecular complexity index is 1030. The molecule has 3 N–H and O–H groups in total. The first-order valence-corrected chi connectivity index (χ1v) is 23.1. The molecule has 0 aliphatic heterocycles. The van der Waals surface area contributed by atoms with Crippen LogP contribution < -0.4 is 5.73 Å². The highest BCUT2D eigenvalue weighted by molar-refractivity contribution is 7.47. The van der Waals surface area contributed by atoms with Crippen molar-refractivity contribution in [3.05, 3.63) is 48.6 Å². The van der Waals surface area contributed by atoms with Gasteiger partial charge in [0.2, 0.25) is 0 Å². The van der Waals surface area contributed by atoms with Gasteiger partial charge in [-0.15, -0.1) is 0 Å². The number of esters is 2. The summed E-state index contributed by atoms with van der Waals surface area (Å²) in [5.41, 5.74) is 5.34. The summed E-state index contributed by atoms with van der Waals surface area (Å²) in [5.74, 6) is -0.864. The highest BCUT2D eigenvalue weighted by atomic mass is 31.2. The number of phosphoric ester groups is 1. The Hall–Kier alpha value is -2.03. The van der Waals surface area contributed by atoms with Crippen LogP contribution in [0.4, 0.5) is 0 Å². The average Bonchev–Trinajstić information content (AvgIpc) is 3.16. The summed E-state index contributed by atoms with van der Waals surface area (Å²) in [6.45, 7) is 3.66. The van der Waals surface area contributed by atoms with Crippen molar-refractivity contribution in [2.45, 2.75) is 193 Å². The van der Waals surface area contributed by atoms with Crippen molar-refractivity contribution in [2.24, 2.45) is 5.73 Å². The van der Waals surface area contributed by atoms with Crippen LogP contribution >= 0.6 is 7.82 Å². The van der Waals surface area contributed by atoms with Gasteiger partial charge in [-0.3, -0.25) is 18.6 Å². The lowest BCUT2D eigenvalue weighted by molar-refractivity contribution is -0.161. The van der Waals surface area contributed by atoms with E-state index in [1.165, 1.54) is 77.0 Å². The average molecular weight is 782 g/mol. The molecule has 0 amide bonds. The van der Waals surface area contributed by atoms with E-state index in [9.17, 15) is 19.0 Å². The summed E-state index contributed by atoms with van der Waals surface area (Å²) in [7, 11) is -4.38. The molecule has 0 bridgehead atoms. The van der Waals surface area contributed by atoms with Crippen molar-refractivity contribution in [1.82, 2.24) is 0 Å². The van der Waals surface area contributed by atoms with E-state index in [0.717, 1.165) is 77.0 Å². The Morgan fingerprint density at radius 2 is 0.963 bits per heavy atom. The van der Waals surface area contributed by atoms with E-state index in [0.29, 0.717) is 6.42 Å². The van der Waals surface area contributed by atoms with Crippen LogP contribution in [-0.4, -0.2) is 49.3 Å². The van der Waals surface area contributed by atoms with E-state index in [-0.39, 0.29) is 32.6 Å². The number of phosphoric acid groups is 1. The third-order valence-electron chi connectivity index (χ3n) is 8.94. The molecule has 2 atom stereocenters. The van der Waals surface area contributed by atoms with Gasteiger partial charge in [0.15, 0.2) is 6.10 Å². The van der Waals surface area contributed by atoms with Gasteiger partial charge < -0.3 is 20.1 Å². The summed E-state index contributed by atoms with van der Waals surface area (Å²) in [5, 5.41) is 0. The molecule has 1 unspecified atom stereocenters. The Morgan fingerprint density at radius 1 is 0.556 bits per heavy atom. The molecule has 0 aromatic heterocycles. The molecular weight excluding hydrogens is 701 g/mol. The van der Waals surface area contributed by atoms with Gasteiger partial charge in [-0.1, -0.05) is 146 Å². The van der Waals surface area contributed by atoms with Crippen molar-refractivity contribution in [2.75, 3.05) is 26.4 Å². The van der Waals surface area contributed by atoms with Gasteiger partial charge in [-0.05, 0) is 77.0 Å². The van der Waals surface area contributed by atoms with Crippen molar-refractivity contribution in [3.63, 3.8) is 0 Å². The molecule has 0 saturated carbocycles. The standard InChI is InChI=1S/C44H80NO8P/c1-3-5-7-9-11-13-15-17-19-21-23-25-27-29-31-33-35-37-44(47)53-42(41-52-54(48,49)51-39-38-45)40-50-43(46)36-34-32-30-28-26-24-22-20-18-16-14-12-10-8-6-4-2/h11,13,17,19-20,22-23,25,42H,3-10,12,14-16,18,21,24,26-41,45H2,1-2H3,(H,48,49)/b13-11-,19-17-,22-20-,25-23-/t42-/m1/s1. The first-order chi connectivity index (χ1) is 26.3. The van der Waals surface area contributed by atoms with Crippen LogP contribution in [0.15, 0.2) is 48.6 Å². The van der Waals surface area contributed by atoms with Crippen molar-refractivity contribution in [3.8, 4) is 0 Å². The van der Waals surface area contributed by atoms with Gasteiger partial charge in [0, 0.05) is 19.4 Å². The van der Waals surface area contributed by atoms with E-state index in [2.05, 4.69) is 62.5 Å². The normalized spacial score (nSPS) is 13.8. The number of unbranched alkanes of at least 4 members (excludes halogenated alkanes) is 19. The quantitative estimate of drug-likeness (QED) is 0.0269. The molecule has 0 fully saturated rings. The molecule has 0 radical (unpaired) electrons. The second kappa shape index (κ2) is 40.6. The molecule has 0 saturated heterocycles. The number of hydrogen-bond acceptors (Lipinski definition) is 8. The fourth-order valence-corrected chi connectivity index (χ4v) is 6.46. The van der Waals surface area contributed by atoms with Gasteiger partial charge in [-0.2, -0.15) is 0 Å². The van der Waals surface area contributed by atoms with Crippen LogP contribution in [0.1, 0.15) is 187 Å². The maximum Gasteiger partial charge on any atom is 0.472 e. The molecule has 314 valence electrons. The molecule has 0 spiro atoms. The summed E-state index contributed by atoms with van der Waals surface area (Å²) in [4.78, 5) is 34.8. The Kier molecular flexibility index (Phi) is 39.1. The molecule has 9 nitrogen and oxygen atoms in total. The first-order valence-electron chi connectivity index (χ1n) is 21.6. The largest absolute Gasteiger partial charge is 0.472 e. The van der Waals surface area contributed by atoms with E-state index in [4.69, 9.17) is 24.3 Å². The Labute approximate surface area is 330 Å². The molecule has 0 aliphatic rings. The lowest BCUT2D eigenvalue weighted by Crippen LogP contribution is -2.29. The molecule has 0 heterocycles. The first kappa shape index (κ1) is 52.0. The third-order valence-corrected chi connectivity index (χ3v) is 9.92. The zero-order chi connectivity index (χ0) is 39.6. The summed E-state index contributed by atoms with van der Waals surface area (Å²) in [6, 6.07) is 0. The van der Waals surface area contributed by atoms with Crippen LogP contribution in [0, 0.1) is 0 Å². The number of carbonyl (C=O) groups is 2. The van der Waals surface area contributed by atoms with Gasteiger partial charge in [-0.25, -0.2) is 4.57 Å². The maximum atomic E-state index is 12.6. The van der Waals surface area contributed by atoms with Crippen LogP contribution in [0.25, 0.3) is 0 Å². The number of nitrogens with two attached hydrogens (primary N) is 1. The number of rotatable bonds is 40. The van der Waals surface area contributed by atoms with Gasteiger partial charge in [0.05, 0.1) is 13.2 Å². The second-order valence-electron chi connectivity index (χ2n) is 14.2. The predicted octanol–water partition coefficient (Wildman–Crippen LogP) is 12.3. The zero-order valence-corrected chi connectivity index (χ0v) is 35.3. The van der Waals surface area contributed by atoms with Crippen LogP contribution in [-0.2, 0) is 32.7 Å². The highest BCUT2D eigenvalue weighted by Crippen LogP contribution is 2.43. The van der Waals surface area contributed by atoms with E-state index in [1.54, 1.807) is 0 Å². The van der Waals surface area contributed by atoms with Crippen LogP contribution in [0.2, 0.25) is 0 Å². The molecule has 10 heteroatoms. The van der Waals surface area contributed by atoms with Crippen molar-refractivity contribution < 1.29 is 37.6 Å². The fraction of sp³-hybridized carbons (Fsp3) is 0.773.